The van der Waals surface area contributed by atoms with E-state index in [0.717, 1.165) is 6.07 Å². The van der Waals surface area contributed by atoms with Gasteiger partial charge in [-0.15, -0.1) is 0 Å². The van der Waals surface area contributed by atoms with Gasteiger partial charge in [0.2, 0.25) is 0 Å². The summed E-state index contributed by atoms with van der Waals surface area (Å²) in [6.45, 7) is -0.0829. The highest BCUT2D eigenvalue weighted by Gasteiger charge is 2.16. The summed E-state index contributed by atoms with van der Waals surface area (Å²) in [6.07, 6.45) is 0. The minimum atomic E-state index is -0.827. The lowest BCUT2D eigenvalue weighted by molar-refractivity contribution is -0.384. The second-order valence-corrected chi connectivity index (χ2v) is 4.18. The van der Waals surface area contributed by atoms with Crippen LogP contribution in [0.15, 0.2) is 36.4 Å². The van der Waals surface area contributed by atoms with Crippen molar-refractivity contribution in [3.05, 3.63) is 63.7 Å². The highest BCUT2D eigenvalue weighted by atomic mass is 19.1. The third kappa shape index (κ3) is 3.25. The lowest BCUT2D eigenvalue weighted by atomic mass is 10.1. The Balaban J connectivity index is 2.24. The monoisotopic (exact) mass is 294 g/mol. The predicted molar refractivity (Wildman–Crippen MR) is 73.3 cm³/mol. The van der Waals surface area contributed by atoms with Gasteiger partial charge in [-0.25, -0.2) is 8.78 Å². The molecule has 21 heavy (non-hydrogen) atoms. The van der Waals surface area contributed by atoms with Gasteiger partial charge in [0.15, 0.2) is 11.6 Å². The molecular weight excluding hydrogens is 282 g/mol. The van der Waals surface area contributed by atoms with Crippen molar-refractivity contribution in [2.75, 3.05) is 12.4 Å². The van der Waals surface area contributed by atoms with Crippen molar-refractivity contribution in [3.8, 4) is 5.75 Å². The summed E-state index contributed by atoms with van der Waals surface area (Å²) >= 11 is 0. The molecule has 0 atom stereocenters. The number of anilines is 1. The Bertz CT molecular complexity index is 677. The number of hydrogen-bond acceptors (Lipinski definition) is 4. The van der Waals surface area contributed by atoms with Crippen molar-refractivity contribution in [3.63, 3.8) is 0 Å². The van der Waals surface area contributed by atoms with Crippen LogP contribution < -0.4 is 10.1 Å². The first-order valence-electron chi connectivity index (χ1n) is 6.05. The molecule has 0 aliphatic rings. The molecule has 7 heteroatoms. The minimum absolute atomic E-state index is 0.0829. The number of nitrogens with zero attached hydrogens (tertiary/aromatic N) is 1. The fourth-order valence-corrected chi connectivity index (χ4v) is 1.90. The van der Waals surface area contributed by atoms with E-state index < -0.39 is 16.6 Å². The van der Waals surface area contributed by atoms with Gasteiger partial charge in [-0.2, -0.15) is 0 Å². The van der Waals surface area contributed by atoms with E-state index in [1.54, 1.807) is 13.1 Å². The van der Waals surface area contributed by atoms with Gasteiger partial charge in [0, 0.05) is 24.7 Å². The number of hydrogen-bond donors (Lipinski definition) is 1. The molecule has 0 spiro atoms. The fraction of sp³-hybridized carbons (Fsp3) is 0.143. The van der Waals surface area contributed by atoms with Crippen LogP contribution in [0, 0.1) is 21.7 Å². The molecule has 0 aliphatic carbocycles. The summed E-state index contributed by atoms with van der Waals surface area (Å²) in [5.41, 5.74) is 0.693. The van der Waals surface area contributed by atoms with Gasteiger partial charge in [-0.1, -0.05) is 12.1 Å². The molecule has 0 radical (unpaired) electrons. The summed E-state index contributed by atoms with van der Waals surface area (Å²) in [5, 5.41) is 13.7. The van der Waals surface area contributed by atoms with E-state index in [9.17, 15) is 18.9 Å². The third-order valence-corrected chi connectivity index (χ3v) is 2.85. The largest absolute Gasteiger partial charge is 0.486 e. The summed E-state index contributed by atoms with van der Waals surface area (Å²) in [4.78, 5) is 10.4. The number of nitro benzene ring substituents is 1. The standard InChI is InChI=1S/C14H12F2N2O3/c1-17-14-9(3-2-4-12(14)18(19)20)8-21-13-6-5-10(15)7-11(13)16/h2-7,17H,8H2,1H3. The molecule has 110 valence electrons. The smallest absolute Gasteiger partial charge is 0.292 e. The van der Waals surface area contributed by atoms with Crippen molar-refractivity contribution >= 4 is 11.4 Å². The second kappa shape index (κ2) is 6.17. The van der Waals surface area contributed by atoms with E-state index in [0.29, 0.717) is 17.3 Å². The first-order chi connectivity index (χ1) is 10.0. The summed E-state index contributed by atoms with van der Waals surface area (Å²) in [5.74, 6) is -1.65. The van der Waals surface area contributed by atoms with Crippen molar-refractivity contribution < 1.29 is 18.4 Å². The summed E-state index contributed by atoms with van der Waals surface area (Å²) in [7, 11) is 1.55. The Hall–Kier alpha value is -2.70. The van der Waals surface area contributed by atoms with E-state index in [1.807, 2.05) is 0 Å². The van der Waals surface area contributed by atoms with E-state index in [1.165, 1.54) is 18.2 Å². The van der Waals surface area contributed by atoms with Crippen molar-refractivity contribution in [1.29, 1.82) is 0 Å². The first kappa shape index (κ1) is 14.7. The Morgan fingerprint density at radius 3 is 2.67 bits per heavy atom. The lowest BCUT2D eigenvalue weighted by Gasteiger charge is -2.11. The molecule has 0 aliphatic heterocycles. The van der Waals surface area contributed by atoms with Gasteiger partial charge in [0.1, 0.15) is 18.1 Å². The molecule has 0 unspecified atom stereocenters. The van der Waals surface area contributed by atoms with Gasteiger partial charge in [0.25, 0.3) is 5.69 Å². The van der Waals surface area contributed by atoms with E-state index in [2.05, 4.69) is 5.32 Å². The van der Waals surface area contributed by atoms with Crippen LogP contribution in [0.3, 0.4) is 0 Å². The number of nitrogens with one attached hydrogen (secondary N) is 1. The van der Waals surface area contributed by atoms with Gasteiger partial charge in [-0.3, -0.25) is 10.1 Å². The average molecular weight is 294 g/mol. The van der Waals surface area contributed by atoms with Crippen LogP contribution in [0.25, 0.3) is 0 Å². The van der Waals surface area contributed by atoms with Crippen LogP contribution in [0.2, 0.25) is 0 Å². The Morgan fingerprint density at radius 1 is 1.29 bits per heavy atom. The molecular formula is C14H12F2N2O3. The number of para-hydroxylation sites is 1. The van der Waals surface area contributed by atoms with E-state index in [-0.39, 0.29) is 18.0 Å². The van der Waals surface area contributed by atoms with Gasteiger partial charge < -0.3 is 10.1 Å². The van der Waals surface area contributed by atoms with Gasteiger partial charge in [-0.05, 0) is 12.1 Å². The van der Waals surface area contributed by atoms with Crippen LogP contribution in [0.1, 0.15) is 5.56 Å². The van der Waals surface area contributed by atoms with Crippen LogP contribution in [-0.4, -0.2) is 12.0 Å². The molecule has 1 N–H and O–H groups in total. The molecule has 2 aromatic carbocycles. The molecule has 0 saturated carbocycles. The number of halogens is 2. The molecule has 5 nitrogen and oxygen atoms in total. The van der Waals surface area contributed by atoms with Gasteiger partial charge >= 0.3 is 0 Å². The molecule has 0 amide bonds. The minimum Gasteiger partial charge on any atom is -0.486 e. The Kier molecular flexibility index (Phi) is 4.32. The lowest BCUT2D eigenvalue weighted by Crippen LogP contribution is -2.04. The summed E-state index contributed by atoms with van der Waals surface area (Å²) < 4.78 is 31.5. The zero-order valence-electron chi connectivity index (χ0n) is 11.1. The molecule has 0 saturated heterocycles. The SMILES string of the molecule is CNc1c(COc2ccc(F)cc2F)cccc1[N+](=O)[O-]. The Labute approximate surface area is 119 Å². The number of rotatable bonds is 5. The average Bonchev–Trinajstić information content (AvgIpc) is 2.45. The highest BCUT2D eigenvalue weighted by Crippen LogP contribution is 2.29. The topological polar surface area (TPSA) is 64.4 Å². The second-order valence-electron chi connectivity index (χ2n) is 4.18. The van der Waals surface area contributed by atoms with Gasteiger partial charge in [0.05, 0.1) is 4.92 Å². The van der Waals surface area contributed by atoms with Crippen molar-refractivity contribution in [2.45, 2.75) is 6.61 Å². The maximum atomic E-state index is 13.5. The number of benzene rings is 2. The van der Waals surface area contributed by atoms with Crippen LogP contribution in [-0.2, 0) is 6.61 Å². The molecule has 0 heterocycles. The molecule has 0 aromatic heterocycles. The number of nitro groups is 1. The first-order valence-corrected chi connectivity index (χ1v) is 6.05. The Morgan fingerprint density at radius 2 is 2.05 bits per heavy atom. The van der Waals surface area contributed by atoms with Crippen LogP contribution in [0.5, 0.6) is 5.75 Å². The van der Waals surface area contributed by atoms with Crippen LogP contribution in [0.4, 0.5) is 20.2 Å². The fourth-order valence-electron chi connectivity index (χ4n) is 1.90. The molecule has 0 bridgehead atoms. The molecule has 0 fully saturated rings. The highest BCUT2D eigenvalue weighted by molar-refractivity contribution is 5.65. The maximum absolute atomic E-state index is 13.5. The quantitative estimate of drug-likeness (QED) is 0.677. The normalized spacial score (nSPS) is 10.2. The summed E-state index contributed by atoms with van der Waals surface area (Å²) in [6, 6.07) is 7.44. The third-order valence-electron chi connectivity index (χ3n) is 2.85. The van der Waals surface area contributed by atoms with Crippen LogP contribution >= 0.6 is 0 Å². The zero-order chi connectivity index (χ0) is 15.4. The van der Waals surface area contributed by atoms with Crippen molar-refractivity contribution in [2.24, 2.45) is 0 Å². The molecule has 2 aromatic rings. The zero-order valence-corrected chi connectivity index (χ0v) is 11.1. The van der Waals surface area contributed by atoms with E-state index in [4.69, 9.17) is 4.74 Å². The maximum Gasteiger partial charge on any atom is 0.292 e. The van der Waals surface area contributed by atoms with E-state index >= 15 is 0 Å². The molecule has 2 rings (SSSR count). The predicted octanol–water partition coefficient (Wildman–Crippen LogP) is 3.49. The number of ether oxygens (including phenoxy) is 1. The van der Waals surface area contributed by atoms with Crippen molar-refractivity contribution in [1.82, 2.24) is 0 Å².